The third kappa shape index (κ3) is 5.73. The van der Waals surface area contributed by atoms with Crippen LogP contribution in [0.15, 0.2) is 46.0 Å². The number of nitrogens with one attached hydrogen (secondary N) is 2. The molecule has 1 aromatic carbocycles. The van der Waals surface area contributed by atoms with E-state index >= 15 is 0 Å². The zero-order valence-electron chi connectivity index (χ0n) is 16.0. The molecule has 1 saturated heterocycles. The van der Waals surface area contributed by atoms with E-state index in [-0.39, 0.29) is 34.8 Å². The van der Waals surface area contributed by atoms with Gasteiger partial charge in [0.05, 0.1) is 5.56 Å². The molecule has 0 unspecified atom stereocenters. The van der Waals surface area contributed by atoms with Crippen LogP contribution >= 0.6 is 11.3 Å². The van der Waals surface area contributed by atoms with Crippen molar-refractivity contribution in [3.63, 3.8) is 0 Å². The van der Waals surface area contributed by atoms with Crippen LogP contribution in [0.5, 0.6) is 0 Å². The van der Waals surface area contributed by atoms with Gasteiger partial charge in [0.1, 0.15) is 4.21 Å². The number of sulfonamides is 1. The number of thiophene rings is 1. The number of alkyl halides is 3. The number of rotatable bonds is 6. The molecule has 0 aliphatic carbocycles. The summed E-state index contributed by atoms with van der Waals surface area (Å²) in [5.41, 5.74) is -0.565. The van der Waals surface area contributed by atoms with Crippen molar-refractivity contribution < 1.29 is 26.4 Å². The molecule has 30 heavy (non-hydrogen) atoms. The lowest BCUT2D eigenvalue weighted by molar-refractivity contribution is -0.138. The highest BCUT2D eigenvalue weighted by Gasteiger charge is 2.32. The van der Waals surface area contributed by atoms with Crippen molar-refractivity contribution in [3.8, 4) is 0 Å². The normalized spacial score (nSPS) is 15.9. The van der Waals surface area contributed by atoms with E-state index < -0.39 is 21.8 Å². The minimum atomic E-state index is -4.43. The van der Waals surface area contributed by atoms with Gasteiger partial charge < -0.3 is 10.2 Å². The molecule has 164 valence electrons. The molecular weight excluding hydrogens is 439 g/mol. The number of hydrogen-bond acceptors (Lipinski definition) is 4. The standard InChI is InChI=1S/C19H22F3N3O3S2/c20-19(21,22)16-5-2-1-4-14(16)7-10-23-18(26)25-11-8-15(9-12-25)24-30(27,28)17-6-3-13-29-17/h1-6,13,15,24H,7-12H2,(H,23,26). The first-order chi connectivity index (χ1) is 14.2. The van der Waals surface area contributed by atoms with Crippen molar-refractivity contribution in [2.45, 2.75) is 35.7 Å². The predicted molar refractivity (Wildman–Crippen MR) is 108 cm³/mol. The van der Waals surface area contributed by atoms with Crippen molar-refractivity contribution >= 4 is 27.4 Å². The number of likely N-dealkylation sites (tertiary alicyclic amines) is 1. The van der Waals surface area contributed by atoms with Crippen LogP contribution in [0, 0.1) is 0 Å². The van der Waals surface area contributed by atoms with E-state index in [9.17, 15) is 26.4 Å². The minimum absolute atomic E-state index is 0.0680. The molecule has 2 amide bonds. The monoisotopic (exact) mass is 461 g/mol. The zero-order chi connectivity index (χ0) is 21.8. The Morgan fingerprint density at radius 3 is 2.47 bits per heavy atom. The third-order valence-electron chi connectivity index (χ3n) is 4.86. The molecule has 11 heteroatoms. The maximum absolute atomic E-state index is 13.0. The summed E-state index contributed by atoms with van der Waals surface area (Å²) >= 11 is 1.14. The number of hydrogen-bond donors (Lipinski definition) is 2. The molecule has 0 radical (unpaired) electrons. The third-order valence-corrected chi connectivity index (χ3v) is 7.78. The molecule has 0 bridgehead atoms. The van der Waals surface area contributed by atoms with E-state index in [2.05, 4.69) is 10.0 Å². The Morgan fingerprint density at radius 1 is 1.13 bits per heavy atom. The van der Waals surface area contributed by atoms with E-state index in [1.807, 2.05) is 0 Å². The molecule has 1 fully saturated rings. The fourth-order valence-corrected chi connectivity index (χ4v) is 5.64. The van der Waals surface area contributed by atoms with Crippen LogP contribution < -0.4 is 10.0 Å². The Morgan fingerprint density at radius 2 is 1.83 bits per heavy atom. The van der Waals surface area contributed by atoms with Crippen molar-refractivity contribution in [1.82, 2.24) is 14.9 Å². The van der Waals surface area contributed by atoms with Crippen LogP contribution in [-0.4, -0.2) is 45.0 Å². The minimum Gasteiger partial charge on any atom is -0.338 e. The highest BCUT2D eigenvalue weighted by molar-refractivity contribution is 7.91. The Hall–Kier alpha value is -2.11. The number of carbonyl (C=O) groups excluding carboxylic acids is 1. The van der Waals surface area contributed by atoms with E-state index in [1.54, 1.807) is 16.3 Å². The van der Waals surface area contributed by atoms with Crippen molar-refractivity contribution in [3.05, 3.63) is 52.9 Å². The smallest absolute Gasteiger partial charge is 0.338 e. The van der Waals surface area contributed by atoms with Gasteiger partial charge in [-0.15, -0.1) is 11.3 Å². The molecule has 2 heterocycles. The molecule has 1 aliphatic rings. The second-order valence-electron chi connectivity index (χ2n) is 6.95. The molecular formula is C19H22F3N3O3S2. The number of halogens is 3. The average Bonchev–Trinajstić information content (AvgIpc) is 3.24. The SMILES string of the molecule is O=C(NCCc1ccccc1C(F)(F)F)N1CCC(NS(=O)(=O)c2cccs2)CC1. The molecule has 2 aromatic rings. The van der Waals surface area contributed by atoms with Crippen LogP contribution in [0.4, 0.5) is 18.0 Å². The summed E-state index contributed by atoms with van der Waals surface area (Å²) in [4.78, 5) is 13.9. The predicted octanol–water partition coefficient (Wildman–Crippen LogP) is 3.46. The lowest BCUT2D eigenvalue weighted by Crippen LogP contribution is -2.49. The molecule has 0 spiro atoms. The highest BCUT2D eigenvalue weighted by atomic mass is 32.2. The Bertz CT molecular complexity index is 955. The quantitative estimate of drug-likeness (QED) is 0.692. The van der Waals surface area contributed by atoms with Crippen LogP contribution in [0.1, 0.15) is 24.0 Å². The van der Waals surface area contributed by atoms with E-state index in [0.717, 1.165) is 17.4 Å². The Balaban J connectivity index is 1.45. The van der Waals surface area contributed by atoms with Gasteiger partial charge in [-0.3, -0.25) is 0 Å². The lowest BCUT2D eigenvalue weighted by atomic mass is 10.0. The summed E-state index contributed by atoms with van der Waals surface area (Å²) in [6.07, 6.45) is -3.43. The van der Waals surface area contributed by atoms with Crippen molar-refractivity contribution in [1.29, 1.82) is 0 Å². The summed E-state index contributed by atoms with van der Waals surface area (Å²) in [6, 6.07) is 7.88. The van der Waals surface area contributed by atoms with Gasteiger partial charge in [-0.2, -0.15) is 13.2 Å². The van der Waals surface area contributed by atoms with Gasteiger partial charge in [0.2, 0.25) is 10.0 Å². The number of amides is 2. The Kier molecular flexibility index (Phi) is 7.04. The van der Waals surface area contributed by atoms with Crippen molar-refractivity contribution in [2.24, 2.45) is 0 Å². The summed E-state index contributed by atoms with van der Waals surface area (Å²) in [6.45, 7) is 0.808. The molecule has 0 atom stereocenters. The number of urea groups is 1. The van der Waals surface area contributed by atoms with Crippen LogP contribution in [0.25, 0.3) is 0 Å². The first-order valence-electron chi connectivity index (χ1n) is 9.40. The number of carbonyl (C=O) groups is 1. The summed E-state index contributed by atoms with van der Waals surface area (Å²) in [5.74, 6) is 0. The summed E-state index contributed by atoms with van der Waals surface area (Å²) in [7, 11) is -3.56. The van der Waals surface area contributed by atoms with Gasteiger partial charge in [0.25, 0.3) is 0 Å². The second kappa shape index (κ2) is 9.36. The number of benzene rings is 1. The largest absolute Gasteiger partial charge is 0.416 e. The summed E-state index contributed by atoms with van der Waals surface area (Å²) < 4.78 is 66.5. The summed E-state index contributed by atoms with van der Waals surface area (Å²) in [5, 5.41) is 4.34. The fraction of sp³-hybridized carbons (Fsp3) is 0.421. The van der Waals surface area contributed by atoms with Crippen LogP contribution in [0.3, 0.4) is 0 Å². The Labute approximate surface area is 177 Å². The average molecular weight is 462 g/mol. The maximum atomic E-state index is 13.0. The molecule has 6 nitrogen and oxygen atoms in total. The van der Waals surface area contributed by atoms with E-state index in [1.165, 1.54) is 24.3 Å². The highest BCUT2D eigenvalue weighted by Crippen LogP contribution is 2.31. The van der Waals surface area contributed by atoms with Crippen LogP contribution in [-0.2, 0) is 22.6 Å². The van der Waals surface area contributed by atoms with Gasteiger partial charge in [-0.1, -0.05) is 24.3 Å². The van der Waals surface area contributed by atoms with Crippen molar-refractivity contribution in [2.75, 3.05) is 19.6 Å². The topological polar surface area (TPSA) is 78.5 Å². The zero-order valence-corrected chi connectivity index (χ0v) is 17.6. The fourth-order valence-electron chi connectivity index (χ4n) is 3.33. The number of piperidine rings is 1. The van der Waals surface area contributed by atoms with Crippen LogP contribution in [0.2, 0.25) is 0 Å². The molecule has 1 aromatic heterocycles. The van der Waals surface area contributed by atoms with Gasteiger partial charge in [-0.05, 0) is 42.3 Å². The molecule has 2 N–H and O–H groups in total. The van der Waals surface area contributed by atoms with Gasteiger partial charge >= 0.3 is 12.2 Å². The molecule has 3 rings (SSSR count). The first-order valence-corrected chi connectivity index (χ1v) is 11.8. The first kappa shape index (κ1) is 22.6. The lowest BCUT2D eigenvalue weighted by Gasteiger charge is -2.32. The maximum Gasteiger partial charge on any atom is 0.416 e. The van der Waals surface area contributed by atoms with Gasteiger partial charge in [-0.25, -0.2) is 17.9 Å². The molecule has 1 aliphatic heterocycles. The van der Waals surface area contributed by atoms with Gasteiger partial charge in [0, 0.05) is 25.7 Å². The van der Waals surface area contributed by atoms with E-state index in [0.29, 0.717) is 25.9 Å². The number of nitrogens with zero attached hydrogens (tertiary/aromatic N) is 1. The second-order valence-corrected chi connectivity index (χ2v) is 9.84. The van der Waals surface area contributed by atoms with E-state index in [4.69, 9.17) is 0 Å². The van der Waals surface area contributed by atoms with Gasteiger partial charge in [0.15, 0.2) is 0 Å². The molecule has 0 saturated carbocycles.